The van der Waals surface area contributed by atoms with E-state index in [-0.39, 0.29) is 17.7 Å². The number of nitrogens with zero attached hydrogens (tertiary/aromatic N) is 2. The maximum atomic E-state index is 12.2. The quantitative estimate of drug-likeness (QED) is 0.920. The number of hydrogen-bond donors (Lipinski definition) is 1. The maximum Gasteiger partial charge on any atom is 0.283 e. The number of aromatic nitrogens is 2. The molecule has 2 rings (SSSR count). The minimum Gasteiger partial charge on any atom is -0.377 e. The normalized spacial score (nSPS) is 23.0. The summed E-state index contributed by atoms with van der Waals surface area (Å²) in [5.41, 5.74) is 0.651. The molecular weight excluding hydrogens is 310 g/mol. The third kappa shape index (κ3) is 3.36. The molecule has 1 saturated heterocycles. The summed E-state index contributed by atoms with van der Waals surface area (Å²) in [5, 5.41) is 7.55. The van der Waals surface area contributed by atoms with Gasteiger partial charge in [0.2, 0.25) is 0 Å². The van der Waals surface area contributed by atoms with Crippen LogP contribution in [0, 0.1) is 5.92 Å². The minimum absolute atomic E-state index is 0.0923. The van der Waals surface area contributed by atoms with Crippen LogP contribution < -0.4 is 10.9 Å². The van der Waals surface area contributed by atoms with Gasteiger partial charge < -0.3 is 10.1 Å². The van der Waals surface area contributed by atoms with Crippen molar-refractivity contribution >= 4 is 21.6 Å². The predicted octanol–water partition coefficient (Wildman–Crippen LogP) is 2.25. The first-order valence-corrected chi connectivity index (χ1v) is 7.42. The Morgan fingerprint density at radius 1 is 1.63 bits per heavy atom. The van der Waals surface area contributed by atoms with Gasteiger partial charge in [-0.25, -0.2) is 4.68 Å². The van der Waals surface area contributed by atoms with Gasteiger partial charge in [0.05, 0.1) is 24.0 Å². The summed E-state index contributed by atoms with van der Waals surface area (Å²) in [7, 11) is 0. The van der Waals surface area contributed by atoms with Gasteiger partial charge in [-0.3, -0.25) is 4.79 Å². The van der Waals surface area contributed by atoms with E-state index in [0.717, 1.165) is 18.7 Å². The van der Waals surface area contributed by atoms with Crippen molar-refractivity contribution < 1.29 is 4.74 Å². The smallest absolute Gasteiger partial charge is 0.283 e. The lowest BCUT2D eigenvalue weighted by molar-refractivity contribution is 0.121. The first kappa shape index (κ1) is 14.5. The lowest BCUT2D eigenvalue weighted by Crippen LogP contribution is -2.30. The van der Waals surface area contributed by atoms with E-state index in [1.165, 1.54) is 4.68 Å². The third-order valence-electron chi connectivity index (χ3n) is 3.24. The fourth-order valence-corrected chi connectivity index (χ4v) is 2.58. The van der Waals surface area contributed by atoms with Gasteiger partial charge in [0, 0.05) is 13.2 Å². The van der Waals surface area contributed by atoms with E-state index >= 15 is 0 Å². The molecule has 1 aliphatic heterocycles. The minimum atomic E-state index is -0.0923. The molecule has 0 bridgehead atoms. The van der Waals surface area contributed by atoms with Crippen LogP contribution in [0.3, 0.4) is 0 Å². The van der Waals surface area contributed by atoms with Crippen LogP contribution in [0.2, 0.25) is 0 Å². The Morgan fingerprint density at radius 3 is 2.95 bits per heavy atom. The fourth-order valence-electron chi connectivity index (χ4n) is 2.16. The number of anilines is 1. The molecule has 2 heterocycles. The summed E-state index contributed by atoms with van der Waals surface area (Å²) < 4.78 is 7.54. The monoisotopic (exact) mass is 329 g/mol. The highest BCUT2D eigenvalue weighted by Gasteiger charge is 2.25. The van der Waals surface area contributed by atoms with Crippen LogP contribution in [0.15, 0.2) is 15.5 Å². The van der Waals surface area contributed by atoms with Crippen molar-refractivity contribution in [1.29, 1.82) is 0 Å². The van der Waals surface area contributed by atoms with E-state index in [0.29, 0.717) is 16.9 Å². The molecule has 2 atom stereocenters. The van der Waals surface area contributed by atoms with E-state index in [2.05, 4.69) is 40.2 Å². The van der Waals surface area contributed by atoms with Crippen LogP contribution in [-0.2, 0) is 11.3 Å². The van der Waals surface area contributed by atoms with Gasteiger partial charge >= 0.3 is 0 Å². The summed E-state index contributed by atoms with van der Waals surface area (Å²) in [6.45, 7) is 7.54. The molecule has 0 radical (unpaired) electrons. The topological polar surface area (TPSA) is 56.1 Å². The zero-order valence-corrected chi connectivity index (χ0v) is 13.1. The zero-order chi connectivity index (χ0) is 14.0. The van der Waals surface area contributed by atoms with Crippen molar-refractivity contribution in [2.24, 2.45) is 5.92 Å². The average Bonchev–Trinajstić information content (AvgIpc) is 2.74. The summed E-state index contributed by atoms with van der Waals surface area (Å²) >= 11 is 3.37. The molecular formula is C13H20BrN3O2. The summed E-state index contributed by atoms with van der Waals surface area (Å²) in [5.74, 6) is 0.388. The highest BCUT2D eigenvalue weighted by atomic mass is 79.9. The van der Waals surface area contributed by atoms with Crippen LogP contribution in [0.1, 0.15) is 27.2 Å². The maximum absolute atomic E-state index is 12.2. The molecule has 0 saturated carbocycles. The van der Waals surface area contributed by atoms with Crippen molar-refractivity contribution in [2.45, 2.75) is 45.9 Å². The van der Waals surface area contributed by atoms with Crippen molar-refractivity contribution in [3.63, 3.8) is 0 Å². The Balaban J connectivity index is 2.18. The van der Waals surface area contributed by atoms with Gasteiger partial charge in [0.25, 0.3) is 5.56 Å². The Bertz CT molecular complexity index is 501. The van der Waals surface area contributed by atoms with Gasteiger partial charge in [0.1, 0.15) is 4.47 Å². The molecule has 1 fully saturated rings. The molecule has 2 unspecified atom stereocenters. The van der Waals surface area contributed by atoms with Crippen molar-refractivity contribution in [1.82, 2.24) is 9.78 Å². The number of nitrogens with one attached hydrogen (secondary N) is 1. The molecule has 19 heavy (non-hydrogen) atoms. The van der Waals surface area contributed by atoms with Gasteiger partial charge in [0.15, 0.2) is 0 Å². The van der Waals surface area contributed by atoms with Gasteiger partial charge in [-0.2, -0.15) is 5.10 Å². The highest BCUT2D eigenvalue weighted by molar-refractivity contribution is 9.10. The molecule has 0 aliphatic carbocycles. The highest BCUT2D eigenvalue weighted by Crippen LogP contribution is 2.22. The van der Waals surface area contributed by atoms with Crippen molar-refractivity contribution in [3.8, 4) is 0 Å². The SMILES string of the molecule is CC(C)Cn1ncc(NC2CCOC2C)c(Br)c1=O. The average molecular weight is 330 g/mol. The molecule has 1 aromatic heterocycles. The first-order chi connectivity index (χ1) is 8.99. The second kappa shape index (κ2) is 6.05. The predicted molar refractivity (Wildman–Crippen MR) is 78.5 cm³/mol. The van der Waals surface area contributed by atoms with Crippen LogP contribution in [-0.4, -0.2) is 28.5 Å². The lowest BCUT2D eigenvalue weighted by atomic mass is 10.1. The number of rotatable bonds is 4. The molecule has 5 nitrogen and oxygen atoms in total. The molecule has 0 aromatic carbocycles. The molecule has 1 N–H and O–H groups in total. The molecule has 0 amide bonds. The van der Waals surface area contributed by atoms with E-state index < -0.39 is 0 Å². The summed E-state index contributed by atoms with van der Waals surface area (Å²) in [4.78, 5) is 12.2. The lowest BCUT2D eigenvalue weighted by Gasteiger charge is -2.18. The van der Waals surface area contributed by atoms with Crippen LogP contribution in [0.25, 0.3) is 0 Å². The fraction of sp³-hybridized carbons (Fsp3) is 0.692. The van der Waals surface area contributed by atoms with Gasteiger partial charge in [-0.15, -0.1) is 0 Å². The molecule has 1 aromatic rings. The largest absolute Gasteiger partial charge is 0.377 e. The second-order valence-electron chi connectivity index (χ2n) is 5.37. The van der Waals surface area contributed by atoms with Crippen LogP contribution >= 0.6 is 15.9 Å². The second-order valence-corrected chi connectivity index (χ2v) is 6.16. The molecule has 0 spiro atoms. The summed E-state index contributed by atoms with van der Waals surface area (Å²) in [6, 6.07) is 0.235. The standard InChI is InChI=1S/C13H20BrN3O2/c1-8(2)7-17-13(18)12(14)11(6-15-17)16-10-4-5-19-9(10)3/h6,8-10,16H,4-5,7H2,1-3H3. The Morgan fingerprint density at radius 2 is 2.37 bits per heavy atom. The Kier molecular flexibility index (Phi) is 4.62. The van der Waals surface area contributed by atoms with Crippen LogP contribution in [0.4, 0.5) is 5.69 Å². The number of ether oxygens (including phenoxy) is 1. The van der Waals surface area contributed by atoms with E-state index in [1.54, 1.807) is 6.20 Å². The van der Waals surface area contributed by atoms with Crippen LogP contribution in [0.5, 0.6) is 0 Å². The molecule has 106 valence electrons. The Labute approximate surface area is 121 Å². The number of halogens is 1. The number of hydrogen-bond acceptors (Lipinski definition) is 4. The third-order valence-corrected chi connectivity index (χ3v) is 4.01. The molecule has 1 aliphatic rings. The van der Waals surface area contributed by atoms with E-state index in [4.69, 9.17) is 4.74 Å². The van der Waals surface area contributed by atoms with E-state index in [9.17, 15) is 4.79 Å². The van der Waals surface area contributed by atoms with Crippen molar-refractivity contribution in [3.05, 3.63) is 21.0 Å². The van der Waals surface area contributed by atoms with Gasteiger partial charge in [-0.05, 0) is 35.2 Å². The Hall–Kier alpha value is -0.880. The zero-order valence-electron chi connectivity index (χ0n) is 11.5. The van der Waals surface area contributed by atoms with Crippen molar-refractivity contribution in [2.75, 3.05) is 11.9 Å². The summed E-state index contributed by atoms with van der Waals surface area (Å²) in [6.07, 6.45) is 2.81. The van der Waals surface area contributed by atoms with E-state index in [1.807, 2.05) is 6.92 Å². The van der Waals surface area contributed by atoms with Gasteiger partial charge in [-0.1, -0.05) is 13.8 Å². The first-order valence-electron chi connectivity index (χ1n) is 6.62. The molecule has 6 heteroatoms.